The number of carbonyl (C=O) groups excluding carboxylic acids is 2. The van der Waals surface area contributed by atoms with Crippen LogP contribution in [0.2, 0.25) is 0 Å². The van der Waals surface area contributed by atoms with Crippen molar-refractivity contribution in [1.29, 1.82) is 0 Å². The van der Waals surface area contributed by atoms with E-state index < -0.39 is 5.60 Å². The molecule has 0 saturated heterocycles. The minimum atomic E-state index is -0.657. The van der Waals surface area contributed by atoms with Crippen molar-refractivity contribution >= 4 is 11.7 Å². The van der Waals surface area contributed by atoms with Crippen molar-refractivity contribution in [3.05, 3.63) is 41.9 Å². The lowest BCUT2D eigenvalue weighted by atomic mass is 9.92. The average Bonchev–Trinajstić information content (AvgIpc) is 3.02. The van der Waals surface area contributed by atoms with Crippen molar-refractivity contribution in [3.63, 3.8) is 0 Å². The van der Waals surface area contributed by atoms with E-state index in [2.05, 4.69) is 5.32 Å². The fourth-order valence-electron chi connectivity index (χ4n) is 2.63. The van der Waals surface area contributed by atoms with Gasteiger partial charge in [0, 0.05) is 12.1 Å². The van der Waals surface area contributed by atoms with Gasteiger partial charge in [-0.05, 0) is 26.0 Å². The van der Waals surface area contributed by atoms with Gasteiger partial charge in [0.2, 0.25) is 0 Å². The van der Waals surface area contributed by atoms with Gasteiger partial charge < -0.3 is 24.3 Å². The third-order valence-electron chi connectivity index (χ3n) is 3.72. The van der Waals surface area contributed by atoms with Crippen LogP contribution in [0.4, 0.5) is 0 Å². The van der Waals surface area contributed by atoms with Crippen molar-refractivity contribution in [2.24, 2.45) is 0 Å². The van der Waals surface area contributed by atoms with Gasteiger partial charge in [0.05, 0.1) is 19.2 Å². The lowest BCUT2D eigenvalue weighted by molar-refractivity contribution is -0.123. The molecule has 1 amide bonds. The smallest absolute Gasteiger partial charge is 0.258 e. The van der Waals surface area contributed by atoms with E-state index in [1.807, 2.05) is 0 Å². The lowest BCUT2D eigenvalue weighted by Gasteiger charge is -2.32. The van der Waals surface area contributed by atoms with Crippen molar-refractivity contribution in [3.8, 4) is 17.2 Å². The Bertz CT molecular complexity index is 794. The number of ether oxygens (including phenoxy) is 2. The molecule has 2 N–H and O–H groups in total. The molecule has 1 aliphatic heterocycles. The van der Waals surface area contributed by atoms with Crippen molar-refractivity contribution < 1.29 is 28.6 Å². The summed E-state index contributed by atoms with van der Waals surface area (Å²) >= 11 is 0. The van der Waals surface area contributed by atoms with Crippen LogP contribution < -0.4 is 14.8 Å². The SMILES string of the molecule is CC1(C)CC(=O)c2c(O)cc(OCC(=O)NCc3ccco3)cc2O1. The Morgan fingerprint density at radius 1 is 1.40 bits per heavy atom. The number of nitrogens with one attached hydrogen (secondary N) is 1. The molecule has 1 aliphatic rings. The van der Waals surface area contributed by atoms with Crippen LogP contribution >= 0.6 is 0 Å². The minimum Gasteiger partial charge on any atom is -0.507 e. The summed E-state index contributed by atoms with van der Waals surface area (Å²) in [5.74, 6) is 0.387. The summed E-state index contributed by atoms with van der Waals surface area (Å²) < 4.78 is 16.3. The largest absolute Gasteiger partial charge is 0.507 e. The first-order chi connectivity index (χ1) is 11.8. The Morgan fingerprint density at radius 3 is 2.92 bits per heavy atom. The van der Waals surface area contributed by atoms with E-state index in [9.17, 15) is 14.7 Å². The first-order valence-electron chi connectivity index (χ1n) is 7.85. The third kappa shape index (κ3) is 3.93. The molecule has 1 aromatic heterocycles. The summed E-state index contributed by atoms with van der Waals surface area (Å²) in [6.07, 6.45) is 1.71. The first-order valence-corrected chi connectivity index (χ1v) is 7.85. The number of ketones is 1. The number of hydrogen-bond acceptors (Lipinski definition) is 6. The molecule has 3 rings (SSSR count). The quantitative estimate of drug-likeness (QED) is 0.864. The highest BCUT2D eigenvalue weighted by atomic mass is 16.5. The summed E-state index contributed by atoms with van der Waals surface area (Å²) in [6.45, 7) is 3.60. The molecule has 132 valence electrons. The molecule has 0 bridgehead atoms. The van der Waals surface area contributed by atoms with Crippen LogP contribution in [0.25, 0.3) is 0 Å². The summed E-state index contributed by atoms with van der Waals surface area (Å²) in [6, 6.07) is 6.29. The number of amides is 1. The van der Waals surface area contributed by atoms with E-state index in [0.29, 0.717) is 5.76 Å². The van der Waals surface area contributed by atoms with Gasteiger partial charge in [0.15, 0.2) is 12.4 Å². The van der Waals surface area contributed by atoms with E-state index in [0.717, 1.165) is 0 Å². The summed E-state index contributed by atoms with van der Waals surface area (Å²) in [4.78, 5) is 24.0. The second-order valence-electron chi connectivity index (χ2n) is 6.42. The molecule has 2 aromatic rings. The number of benzene rings is 1. The number of phenols is 1. The molecule has 0 aliphatic carbocycles. The van der Waals surface area contributed by atoms with Gasteiger partial charge in [0.25, 0.3) is 5.91 Å². The molecule has 2 heterocycles. The Kier molecular flexibility index (Phi) is 4.39. The number of furan rings is 1. The molecule has 0 radical (unpaired) electrons. The van der Waals surface area contributed by atoms with Gasteiger partial charge in [0.1, 0.15) is 34.2 Å². The second-order valence-corrected chi connectivity index (χ2v) is 6.42. The fraction of sp³-hybridized carbons (Fsp3) is 0.333. The maximum Gasteiger partial charge on any atom is 0.258 e. The highest BCUT2D eigenvalue weighted by Crippen LogP contribution is 2.40. The number of Topliss-reactive ketones (excluding diaryl/α,β-unsaturated/α-hetero) is 1. The van der Waals surface area contributed by atoms with E-state index in [1.165, 1.54) is 18.4 Å². The maximum atomic E-state index is 12.1. The van der Waals surface area contributed by atoms with Gasteiger partial charge in [-0.25, -0.2) is 0 Å². The lowest BCUT2D eigenvalue weighted by Crippen LogP contribution is -2.36. The number of carbonyl (C=O) groups is 2. The first kappa shape index (κ1) is 16.9. The zero-order valence-electron chi connectivity index (χ0n) is 14.0. The third-order valence-corrected chi connectivity index (χ3v) is 3.72. The van der Waals surface area contributed by atoms with Crippen LogP contribution in [0, 0.1) is 0 Å². The Balaban J connectivity index is 1.64. The van der Waals surface area contributed by atoms with Gasteiger partial charge in [-0.3, -0.25) is 9.59 Å². The molecule has 0 fully saturated rings. The minimum absolute atomic E-state index is 0.147. The fourth-order valence-corrected chi connectivity index (χ4v) is 2.63. The normalized spacial score (nSPS) is 15.2. The van der Waals surface area contributed by atoms with Crippen LogP contribution in [0.5, 0.6) is 17.2 Å². The number of hydrogen-bond donors (Lipinski definition) is 2. The van der Waals surface area contributed by atoms with E-state index in [4.69, 9.17) is 13.9 Å². The van der Waals surface area contributed by atoms with Gasteiger partial charge >= 0.3 is 0 Å². The predicted octanol–water partition coefficient (Wildman–Crippen LogP) is 2.42. The van der Waals surface area contributed by atoms with Crippen molar-refractivity contribution in [2.45, 2.75) is 32.4 Å². The zero-order valence-corrected chi connectivity index (χ0v) is 14.0. The standard InChI is InChI=1S/C18H19NO6/c1-18(2)8-14(21)17-13(20)6-12(7-15(17)25-18)24-10-16(22)19-9-11-4-3-5-23-11/h3-7,20H,8-10H2,1-2H3,(H,19,22). The molecule has 0 atom stereocenters. The summed E-state index contributed by atoms with van der Waals surface area (Å²) in [5.41, 5.74) is -0.510. The van der Waals surface area contributed by atoms with Gasteiger partial charge in [-0.15, -0.1) is 0 Å². The monoisotopic (exact) mass is 345 g/mol. The van der Waals surface area contributed by atoms with Crippen LogP contribution in [-0.2, 0) is 11.3 Å². The molecule has 0 saturated carbocycles. The maximum absolute atomic E-state index is 12.1. The average molecular weight is 345 g/mol. The number of aromatic hydroxyl groups is 1. The number of rotatable bonds is 5. The predicted molar refractivity (Wildman–Crippen MR) is 87.8 cm³/mol. The van der Waals surface area contributed by atoms with Crippen LogP contribution in [-0.4, -0.2) is 29.0 Å². The second kappa shape index (κ2) is 6.51. The van der Waals surface area contributed by atoms with Gasteiger partial charge in [-0.2, -0.15) is 0 Å². The van der Waals surface area contributed by atoms with Gasteiger partial charge in [-0.1, -0.05) is 0 Å². The molecular formula is C18H19NO6. The molecule has 0 unspecified atom stereocenters. The van der Waals surface area contributed by atoms with E-state index in [1.54, 1.807) is 26.0 Å². The summed E-state index contributed by atoms with van der Waals surface area (Å²) in [7, 11) is 0. The summed E-state index contributed by atoms with van der Waals surface area (Å²) in [5, 5.41) is 12.7. The highest BCUT2D eigenvalue weighted by molar-refractivity contribution is 6.03. The zero-order chi connectivity index (χ0) is 18.0. The number of fused-ring (bicyclic) bond motifs is 1. The molecule has 0 spiro atoms. The van der Waals surface area contributed by atoms with Crippen LogP contribution in [0.15, 0.2) is 34.9 Å². The molecule has 7 heteroatoms. The topological polar surface area (TPSA) is 98.0 Å². The highest BCUT2D eigenvalue weighted by Gasteiger charge is 2.34. The Morgan fingerprint density at radius 2 is 2.20 bits per heavy atom. The van der Waals surface area contributed by atoms with E-state index >= 15 is 0 Å². The van der Waals surface area contributed by atoms with Crippen molar-refractivity contribution in [2.75, 3.05) is 6.61 Å². The van der Waals surface area contributed by atoms with Crippen molar-refractivity contribution in [1.82, 2.24) is 5.32 Å². The van der Waals surface area contributed by atoms with Crippen LogP contribution in [0.1, 0.15) is 36.4 Å². The molecular weight excluding hydrogens is 326 g/mol. The Labute approximate surface area is 144 Å². The Hall–Kier alpha value is -2.96. The molecule has 25 heavy (non-hydrogen) atoms. The van der Waals surface area contributed by atoms with Crippen LogP contribution in [0.3, 0.4) is 0 Å². The number of phenolic OH excluding ortho intramolecular Hbond substituents is 1. The molecule has 7 nitrogen and oxygen atoms in total. The molecule has 1 aromatic carbocycles. The van der Waals surface area contributed by atoms with E-state index in [-0.39, 0.29) is 54.1 Å².